The summed E-state index contributed by atoms with van der Waals surface area (Å²) in [7, 11) is 2.16. The summed E-state index contributed by atoms with van der Waals surface area (Å²) in [5.74, 6) is -0.604. The van der Waals surface area contributed by atoms with Gasteiger partial charge in [0.1, 0.15) is 0 Å². The smallest absolute Gasteiger partial charge is 0.269 e. The molecule has 2 fully saturated rings. The Kier molecular flexibility index (Phi) is 9.57. The lowest BCUT2D eigenvalue weighted by Gasteiger charge is -2.35. The number of anilines is 4. The van der Waals surface area contributed by atoms with E-state index in [9.17, 15) is 9.18 Å². The molecule has 0 saturated carbocycles. The number of carbonyl (C=O) groups excluding carboxylic acids is 1. The van der Waals surface area contributed by atoms with Crippen molar-refractivity contribution in [3.63, 3.8) is 0 Å². The van der Waals surface area contributed by atoms with E-state index in [-0.39, 0.29) is 24.3 Å². The zero-order valence-corrected chi connectivity index (χ0v) is 23.4. The van der Waals surface area contributed by atoms with Crippen molar-refractivity contribution in [2.75, 3.05) is 88.2 Å². The molecule has 3 heterocycles. The molecule has 0 unspecified atom stereocenters. The number of amides is 1. The highest BCUT2D eigenvalue weighted by molar-refractivity contribution is 5.95. The highest BCUT2D eigenvalue weighted by Gasteiger charge is 2.21. The number of hydrogen-bond acceptors (Lipinski definition) is 10. The first-order valence-corrected chi connectivity index (χ1v) is 14.0. The van der Waals surface area contributed by atoms with Crippen LogP contribution in [0.25, 0.3) is 0 Å². The van der Waals surface area contributed by atoms with E-state index in [4.69, 9.17) is 5.11 Å². The number of carbonyl (C=O) groups is 1. The number of aliphatic hydroxyl groups excluding tert-OH is 1. The molecule has 2 aliphatic rings. The maximum absolute atomic E-state index is 14.4. The van der Waals surface area contributed by atoms with Crippen LogP contribution < -0.4 is 21.1 Å². The summed E-state index contributed by atoms with van der Waals surface area (Å²) in [5, 5.41) is 12.5. The monoisotopic (exact) mass is 563 g/mol. The number of likely N-dealkylation sites (N-methyl/N-ethyl adjacent to an activating group) is 1. The molecule has 2 saturated heterocycles. The van der Waals surface area contributed by atoms with Crippen molar-refractivity contribution >= 4 is 29.0 Å². The van der Waals surface area contributed by atoms with Crippen molar-refractivity contribution in [1.82, 2.24) is 30.1 Å². The fourth-order valence-electron chi connectivity index (χ4n) is 4.98. The molecule has 0 spiro atoms. The molecule has 1 amide bonds. The summed E-state index contributed by atoms with van der Waals surface area (Å²) in [6, 6.07) is 15.6. The van der Waals surface area contributed by atoms with E-state index < -0.39 is 5.82 Å². The molecule has 0 aliphatic carbocycles. The van der Waals surface area contributed by atoms with Crippen LogP contribution in [0.4, 0.5) is 27.5 Å². The first-order chi connectivity index (χ1) is 20.0. The Morgan fingerprint density at radius 1 is 0.902 bits per heavy atom. The van der Waals surface area contributed by atoms with Crippen LogP contribution in [0.15, 0.2) is 54.7 Å². The van der Waals surface area contributed by atoms with E-state index >= 15 is 0 Å². The number of aromatic nitrogens is 2. The van der Waals surface area contributed by atoms with Gasteiger partial charge in [-0.25, -0.2) is 9.37 Å². The molecule has 0 radical (unpaired) electrons. The van der Waals surface area contributed by atoms with Crippen molar-refractivity contribution in [3.8, 4) is 0 Å². The second-order valence-electron chi connectivity index (χ2n) is 10.5. The molecule has 0 bridgehead atoms. The number of aliphatic hydroxyl groups is 1. The van der Waals surface area contributed by atoms with E-state index in [1.807, 2.05) is 17.0 Å². The van der Waals surface area contributed by atoms with Crippen LogP contribution in [0.5, 0.6) is 0 Å². The Morgan fingerprint density at radius 3 is 2.20 bits per heavy atom. The van der Waals surface area contributed by atoms with Gasteiger partial charge in [-0.3, -0.25) is 25.4 Å². The lowest BCUT2D eigenvalue weighted by molar-refractivity contribution is 0.0962. The van der Waals surface area contributed by atoms with Crippen LogP contribution in [0.3, 0.4) is 0 Å². The average molecular weight is 564 g/mol. The Morgan fingerprint density at radius 2 is 1.54 bits per heavy atom. The van der Waals surface area contributed by atoms with Crippen molar-refractivity contribution in [2.45, 2.75) is 6.54 Å². The van der Waals surface area contributed by atoms with E-state index in [1.165, 1.54) is 5.56 Å². The zero-order valence-electron chi connectivity index (χ0n) is 23.4. The molecular formula is C29H38FN9O2. The zero-order chi connectivity index (χ0) is 28.6. The minimum Gasteiger partial charge on any atom is -0.395 e. The molecule has 0 atom stereocenters. The Bertz CT molecular complexity index is 1280. The van der Waals surface area contributed by atoms with Crippen LogP contribution in [0, 0.1) is 5.82 Å². The number of nitrogens with zero attached hydrogens (tertiary/aromatic N) is 6. The predicted octanol–water partition coefficient (Wildman–Crippen LogP) is 1.98. The largest absolute Gasteiger partial charge is 0.395 e. The minimum atomic E-state index is -0.523. The third-order valence-electron chi connectivity index (χ3n) is 7.49. The molecule has 4 N–H and O–H groups in total. The quantitative estimate of drug-likeness (QED) is 0.273. The Labute approximate surface area is 239 Å². The van der Waals surface area contributed by atoms with Crippen LogP contribution in [-0.4, -0.2) is 108 Å². The molecule has 41 heavy (non-hydrogen) atoms. The van der Waals surface area contributed by atoms with E-state index in [1.54, 1.807) is 12.1 Å². The first kappa shape index (κ1) is 28.7. The maximum atomic E-state index is 14.4. The van der Waals surface area contributed by atoms with Gasteiger partial charge in [0.15, 0.2) is 11.6 Å². The van der Waals surface area contributed by atoms with Crippen molar-refractivity contribution in [3.05, 3.63) is 71.7 Å². The molecule has 3 aromatic rings. The van der Waals surface area contributed by atoms with Gasteiger partial charge < -0.3 is 20.2 Å². The third-order valence-corrected chi connectivity index (χ3v) is 7.49. The lowest BCUT2D eigenvalue weighted by Crippen LogP contribution is -2.47. The molecular weight excluding hydrogens is 525 g/mol. The minimum absolute atomic E-state index is 0.0975. The van der Waals surface area contributed by atoms with Crippen LogP contribution in [-0.2, 0) is 6.54 Å². The number of piperazine rings is 2. The number of hydrogen-bond donors (Lipinski definition) is 4. The second kappa shape index (κ2) is 13.7. The molecule has 218 valence electrons. The van der Waals surface area contributed by atoms with Gasteiger partial charge in [0.05, 0.1) is 12.8 Å². The Balaban J connectivity index is 1.10. The molecule has 5 rings (SSSR count). The fraction of sp³-hybridized carbons (Fsp3) is 0.414. The normalized spacial score (nSPS) is 16.9. The number of benzene rings is 2. The molecule has 2 aliphatic heterocycles. The van der Waals surface area contributed by atoms with Gasteiger partial charge in [-0.05, 0) is 49.0 Å². The second-order valence-corrected chi connectivity index (χ2v) is 10.5. The third kappa shape index (κ3) is 7.88. The van der Waals surface area contributed by atoms with Crippen LogP contribution in [0.2, 0.25) is 0 Å². The van der Waals surface area contributed by atoms with Gasteiger partial charge in [-0.1, -0.05) is 12.1 Å². The highest BCUT2D eigenvalue weighted by atomic mass is 19.1. The van der Waals surface area contributed by atoms with E-state index in [0.717, 1.165) is 50.3 Å². The standard InChI is InChI=1S/C29H38FN9O2/c1-36-10-12-38(13-11-36)21-22-2-6-24(7-3-22)32-25-8-4-23(5-9-25)28(41)34-35-29-31-20-26(30)27(33-29)39-16-14-37(15-17-39)18-19-40/h2-9,20,32,40H,10-19,21H2,1H3,(H,34,41)(H,31,33,35). The number of nitrogens with one attached hydrogen (secondary N) is 3. The topological polar surface area (TPSA) is 112 Å². The summed E-state index contributed by atoms with van der Waals surface area (Å²) in [6.07, 6.45) is 1.09. The van der Waals surface area contributed by atoms with Crippen LogP contribution in [0.1, 0.15) is 15.9 Å². The van der Waals surface area contributed by atoms with Gasteiger partial charge in [-0.15, -0.1) is 0 Å². The number of halogens is 1. The average Bonchev–Trinajstić information content (AvgIpc) is 3.00. The summed E-state index contributed by atoms with van der Waals surface area (Å²) in [6.45, 7) is 8.63. The first-order valence-electron chi connectivity index (χ1n) is 14.0. The lowest BCUT2D eigenvalue weighted by atomic mass is 10.1. The summed E-state index contributed by atoms with van der Waals surface area (Å²) >= 11 is 0. The summed E-state index contributed by atoms with van der Waals surface area (Å²) in [5.41, 5.74) is 8.86. The van der Waals surface area contributed by atoms with E-state index in [0.29, 0.717) is 38.3 Å². The van der Waals surface area contributed by atoms with Crippen molar-refractivity contribution in [1.29, 1.82) is 0 Å². The summed E-state index contributed by atoms with van der Waals surface area (Å²) < 4.78 is 14.4. The van der Waals surface area contributed by atoms with Gasteiger partial charge >= 0.3 is 0 Å². The molecule has 1 aromatic heterocycles. The summed E-state index contributed by atoms with van der Waals surface area (Å²) in [4.78, 5) is 29.7. The SMILES string of the molecule is CN1CCN(Cc2ccc(Nc3ccc(C(=O)NNc4ncc(F)c(N5CCN(CCO)CC5)n4)cc3)cc2)CC1. The predicted molar refractivity (Wildman–Crippen MR) is 158 cm³/mol. The molecule has 12 heteroatoms. The van der Waals surface area contributed by atoms with Crippen molar-refractivity contribution < 1.29 is 14.3 Å². The van der Waals surface area contributed by atoms with Gasteiger partial charge in [-0.2, -0.15) is 4.98 Å². The fourth-order valence-corrected chi connectivity index (χ4v) is 4.98. The number of β-amino-alcohol motifs (C(OH)–C–C–N with tert-alkyl or cyclic N) is 1. The molecule has 2 aromatic carbocycles. The van der Waals surface area contributed by atoms with Gasteiger partial charge in [0.25, 0.3) is 5.91 Å². The van der Waals surface area contributed by atoms with E-state index in [2.05, 4.69) is 72.1 Å². The number of rotatable bonds is 10. The van der Waals surface area contributed by atoms with Gasteiger partial charge in [0, 0.05) is 82.4 Å². The van der Waals surface area contributed by atoms with Gasteiger partial charge in [0.2, 0.25) is 5.95 Å². The van der Waals surface area contributed by atoms with Crippen molar-refractivity contribution in [2.24, 2.45) is 0 Å². The Hall–Kier alpha value is -3.84. The molecule has 11 nitrogen and oxygen atoms in total. The highest BCUT2D eigenvalue weighted by Crippen LogP contribution is 2.20. The van der Waals surface area contributed by atoms with Crippen LogP contribution >= 0.6 is 0 Å². The number of hydrazine groups is 1. The maximum Gasteiger partial charge on any atom is 0.269 e.